The second-order valence-corrected chi connectivity index (χ2v) is 4.97. The molecule has 7 heteroatoms. The first-order chi connectivity index (χ1) is 9.18. The topological polar surface area (TPSA) is 94.9 Å². The van der Waals surface area contributed by atoms with Crippen molar-refractivity contribution in [2.75, 3.05) is 0 Å². The molecule has 1 N–H and O–H groups in total. The second kappa shape index (κ2) is 3.31. The third kappa shape index (κ3) is 1.26. The van der Waals surface area contributed by atoms with E-state index in [1.54, 1.807) is 0 Å². The van der Waals surface area contributed by atoms with Crippen LogP contribution in [0, 0.1) is 11.1 Å². The highest BCUT2D eigenvalue weighted by Crippen LogP contribution is 2.56. The summed E-state index contributed by atoms with van der Waals surface area (Å²) in [5, 5.41) is 21.5. The molecule has 0 radical (unpaired) electrons. The van der Waals surface area contributed by atoms with E-state index in [4.69, 9.17) is 0 Å². The van der Waals surface area contributed by atoms with E-state index in [0.717, 1.165) is 12.1 Å². The van der Waals surface area contributed by atoms with Crippen LogP contribution >= 0.6 is 0 Å². The minimum absolute atomic E-state index is 0.173. The van der Waals surface area contributed by atoms with Gasteiger partial charge < -0.3 is 10.3 Å². The Hall–Kier alpha value is -2.44. The smallest absolute Gasteiger partial charge is 0.405 e. The van der Waals surface area contributed by atoms with Gasteiger partial charge in [0.15, 0.2) is 0 Å². The number of carbonyl (C=O) groups is 1. The molecule has 2 atom stereocenters. The number of nitrogens with zero attached hydrogens (tertiary/aromatic N) is 4. The van der Waals surface area contributed by atoms with Crippen LogP contribution in [-0.4, -0.2) is 25.7 Å². The molecule has 19 heavy (non-hydrogen) atoms. The summed E-state index contributed by atoms with van der Waals surface area (Å²) in [5.41, 5.74) is 1.29. The standard InChI is InChI=1S/C12H10N4O3/c17-12(18)11-8-4-6-3-7(6)10(8)15(16(11)19)9-5-13-1-2-14-9/h1-2,5-7H,3-4H2,(H,17,18)/t6-,7-/m0/s1. The number of fused-ring (bicyclic) bond motifs is 3. The monoisotopic (exact) mass is 258 g/mol. The third-order valence-electron chi connectivity index (χ3n) is 3.91. The molecule has 2 aromatic rings. The minimum atomic E-state index is -1.19. The molecule has 0 aliphatic heterocycles. The van der Waals surface area contributed by atoms with E-state index >= 15 is 0 Å². The Morgan fingerprint density at radius 3 is 3.05 bits per heavy atom. The van der Waals surface area contributed by atoms with Crippen molar-refractivity contribution in [3.63, 3.8) is 0 Å². The summed E-state index contributed by atoms with van der Waals surface area (Å²) in [5.74, 6) is -0.0264. The zero-order chi connectivity index (χ0) is 13.1. The fourth-order valence-electron chi connectivity index (χ4n) is 3.04. The van der Waals surface area contributed by atoms with Gasteiger partial charge in [-0.1, -0.05) is 9.53 Å². The Kier molecular flexibility index (Phi) is 1.83. The van der Waals surface area contributed by atoms with Crippen LogP contribution in [0.15, 0.2) is 18.6 Å². The summed E-state index contributed by atoms with van der Waals surface area (Å²) in [6.45, 7) is 0. The maximum Gasteiger partial charge on any atom is 0.405 e. The summed E-state index contributed by atoms with van der Waals surface area (Å²) in [6, 6.07) is 0. The quantitative estimate of drug-likeness (QED) is 0.615. The van der Waals surface area contributed by atoms with E-state index in [2.05, 4.69) is 9.97 Å². The van der Waals surface area contributed by atoms with Gasteiger partial charge in [-0.15, -0.1) is 0 Å². The van der Waals surface area contributed by atoms with Gasteiger partial charge in [-0.25, -0.2) is 9.78 Å². The lowest BCUT2D eigenvalue weighted by Crippen LogP contribution is -2.42. The summed E-state index contributed by atoms with van der Waals surface area (Å²) >= 11 is 0. The van der Waals surface area contributed by atoms with Crippen molar-refractivity contribution in [1.82, 2.24) is 14.6 Å². The Bertz CT molecular complexity index is 695. The van der Waals surface area contributed by atoms with Crippen LogP contribution in [0.2, 0.25) is 0 Å². The second-order valence-electron chi connectivity index (χ2n) is 4.97. The molecule has 0 spiro atoms. The van der Waals surface area contributed by atoms with Crippen molar-refractivity contribution in [3.8, 4) is 5.82 Å². The highest BCUT2D eigenvalue weighted by molar-refractivity contribution is 5.86. The predicted octanol–water partition coefficient (Wildman–Crippen LogP) is 0.258. The molecular weight excluding hydrogens is 248 g/mol. The normalized spacial score (nSPS) is 22.9. The van der Waals surface area contributed by atoms with Crippen molar-refractivity contribution in [3.05, 3.63) is 40.7 Å². The molecule has 2 aromatic heterocycles. The van der Waals surface area contributed by atoms with Gasteiger partial charge in [0.1, 0.15) is 0 Å². The van der Waals surface area contributed by atoms with Gasteiger partial charge in [-0.05, 0) is 18.8 Å². The van der Waals surface area contributed by atoms with Crippen LogP contribution in [0.5, 0.6) is 0 Å². The molecule has 0 aromatic carbocycles. The molecule has 0 amide bonds. The maximum atomic E-state index is 12.2. The van der Waals surface area contributed by atoms with E-state index in [-0.39, 0.29) is 5.69 Å². The van der Waals surface area contributed by atoms with E-state index in [9.17, 15) is 15.1 Å². The minimum Gasteiger partial charge on any atom is -0.595 e. The molecule has 7 nitrogen and oxygen atoms in total. The largest absolute Gasteiger partial charge is 0.595 e. The molecule has 0 unspecified atom stereocenters. The summed E-state index contributed by atoms with van der Waals surface area (Å²) in [7, 11) is 0. The zero-order valence-corrected chi connectivity index (χ0v) is 9.85. The fourth-order valence-corrected chi connectivity index (χ4v) is 3.04. The molecule has 0 saturated heterocycles. The average molecular weight is 258 g/mol. The first kappa shape index (κ1) is 10.5. The van der Waals surface area contributed by atoms with Crippen LogP contribution in [-0.2, 0) is 6.42 Å². The first-order valence-corrected chi connectivity index (χ1v) is 6.05. The van der Waals surface area contributed by atoms with Crippen molar-refractivity contribution < 1.29 is 14.7 Å². The van der Waals surface area contributed by atoms with Crippen molar-refractivity contribution in [2.45, 2.75) is 18.8 Å². The molecule has 96 valence electrons. The Balaban J connectivity index is 2.01. The summed E-state index contributed by atoms with van der Waals surface area (Å²) in [4.78, 5) is 19.8. The lowest BCUT2D eigenvalue weighted by atomic mass is 10.1. The molecule has 0 bridgehead atoms. The van der Waals surface area contributed by atoms with Crippen molar-refractivity contribution in [1.29, 1.82) is 0 Å². The van der Waals surface area contributed by atoms with Crippen LogP contribution < -0.4 is 4.85 Å². The number of rotatable bonds is 2. The lowest BCUT2D eigenvalue weighted by molar-refractivity contribution is -0.687. The third-order valence-corrected chi connectivity index (χ3v) is 3.91. The van der Waals surface area contributed by atoms with Crippen LogP contribution in [0.3, 0.4) is 0 Å². The number of aromatic nitrogens is 4. The molecule has 4 rings (SSSR count). The van der Waals surface area contributed by atoms with Gasteiger partial charge in [0, 0.05) is 18.3 Å². The van der Waals surface area contributed by atoms with E-state index < -0.39 is 5.97 Å². The number of aromatic carboxylic acids is 1. The van der Waals surface area contributed by atoms with Crippen LogP contribution in [0.4, 0.5) is 0 Å². The van der Waals surface area contributed by atoms with Gasteiger partial charge >= 0.3 is 11.7 Å². The highest BCUT2D eigenvalue weighted by atomic mass is 16.5. The van der Waals surface area contributed by atoms with Gasteiger partial charge in [0.2, 0.25) is 5.82 Å². The average Bonchev–Trinajstić information content (AvgIpc) is 2.96. The molecule has 2 aliphatic carbocycles. The Morgan fingerprint density at radius 2 is 2.37 bits per heavy atom. The van der Waals surface area contributed by atoms with Gasteiger partial charge in [0.25, 0.3) is 0 Å². The Morgan fingerprint density at radius 1 is 1.53 bits per heavy atom. The highest BCUT2D eigenvalue weighted by Gasteiger charge is 2.54. The fraction of sp³-hybridized carbons (Fsp3) is 0.333. The molecule has 2 aliphatic rings. The lowest BCUT2D eigenvalue weighted by Gasteiger charge is -2.05. The summed E-state index contributed by atoms with van der Waals surface area (Å²) < 4.78 is 1.35. The van der Waals surface area contributed by atoms with Crippen LogP contribution in [0.1, 0.15) is 34.1 Å². The molecule has 2 heterocycles. The molecule has 1 saturated carbocycles. The number of hydrogen-bond acceptors (Lipinski definition) is 4. The van der Waals surface area contributed by atoms with Crippen molar-refractivity contribution in [2.24, 2.45) is 5.92 Å². The van der Waals surface area contributed by atoms with E-state index in [1.807, 2.05) is 0 Å². The SMILES string of the molecule is O=C(O)c1c2c(n(-c3cnccn3)[n+]1[O-])[C@H]1C[C@H]1C2. The van der Waals surface area contributed by atoms with Crippen molar-refractivity contribution >= 4 is 5.97 Å². The number of carboxylic acids is 1. The first-order valence-electron chi connectivity index (χ1n) is 6.05. The van der Waals surface area contributed by atoms with E-state index in [0.29, 0.717) is 34.5 Å². The molecule has 1 fully saturated rings. The van der Waals surface area contributed by atoms with Gasteiger partial charge in [-0.3, -0.25) is 4.98 Å². The summed E-state index contributed by atoms with van der Waals surface area (Å²) in [6.07, 6.45) is 6.17. The zero-order valence-electron chi connectivity index (χ0n) is 9.85. The van der Waals surface area contributed by atoms with Gasteiger partial charge in [-0.2, -0.15) is 0 Å². The van der Waals surface area contributed by atoms with E-state index in [1.165, 1.54) is 23.3 Å². The van der Waals surface area contributed by atoms with Crippen LogP contribution in [0.25, 0.3) is 5.82 Å². The number of carboxylic acid groups (broad SMARTS) is 1. The van der Waals surface area contributed by atoms with Gasteiger partial charge in [0.05, 0.1) is 17.5 Å². The maximum absolute atomic E-state index is 12.2. The number of hydrogen-bond donors (Lipinski definition) is 1. The predicted molar refractivity (Wildman–Crippen MR) is 61.8 cm³/mol. The molecular formula is C12H10N4O3. The Labute approximate surface area is 107 Å².